The van der Waals surface area contributed by atoms with Crippen molar-refractivity contribution in [3.8, 4) is 0 Å². The van der Waals surface area contributed by atoms with Gasteiger partial charge in [0.2, 0.25) is 0 Å². The molecular weight excluding hydrogens is 268 g/mol. The molecule has 1 heterocycles. The molecule has 0 amide bonds. The van der Waals surface area contributed by atoms with Crippen LogP contribution in [-0.2, 0) is 6.42 Å². The van der Waals surface area contributed by atoms with E-state index in [-0.39, 0.29) is 0 Å². The standard InChI is InChI=1S/C17H27ClN2/c1-2-4-14-5-3-11-20(12-9-14)16-7-6-15(8-10-19)17(18)13-16/h6-7,13-14H,2-5,8-12,19H2,1H3. The molecule has 2 nitrogen and oxygen atoms in total. The molecule has 3 heteroatoms. The molecule has 1 aliphatic rings. The molecule has 0 aromatic heterocycles. The van der Waals surface area contributed by atoms with Crippen LogP contribution in [-0.4, -0.2) is 19.6 Å². The van der Waals surface area contributed by atoms with Crippen LogP contribution in [0.25, 0.3) is 0 Å². The number of hydrogen-bond acceptors (Lipinski definition) is 2. The minimum absolute atomic E-state index is 0.654. The molecule has 2 N–H and O–H groups in total. The van der Waals surface area contributed by atoms with Crippen molar-refractivity contribution in [2.24, 2.45) is 11.7 Å². The molecule has 0 bridgehead atoms. The van der Waals surface area contributed by atoms with Gasteiger partial charge < -0.3 is 10.6 Å². The van der Waals surface area contributed by atoms with Crippen molar-refractivity contribution < 1.29 is 0 Å². The van der Waals surface area contributed by atoms with Crippen molar-refractivity contribution in [3.63, 3.8) is 0 Å². The van der Waals surface area contributed by atoms with Gasteiger partial charge in [0.05, 0.1) is 0 Å². The maximum atomic E-state index is 6.36. The van der Waals surface area contributed by atoms with Crippen LogP contribution in [0.4, 0.5) is 5.69 Å². The predicted molar refractivity (Wildman–Crippen MR) is 88.7 cm³/mol. The number of hydrogen-bond donors (Lipinski definition) is 1. The lowest BCUT2D eigenvalue weighted by Gasteiger charge is -2.23. The zero-order valence-corrected chi connectivity index (χ0v) is 13.3. The van der Waals surface area contributed by atoms with Crippen LogP contribution >= 0.6 is 11.6 Å². The minimum Gasteiger partial charge on any atom is -0.371 e. The Morgan fingerprint density at radius 3 is 2.85 bits per heavy atom. The van der Waals surface area contributed by atoms with E-state index in [1.807, 2.05) is 0 Å². The number of anilines is 1. The van der Waals surface area contributed by atoms with Crippen molar-refractivity contribution in [1.29, 1.82) is 0 Å². The van der Waals surface area contributed by atoms with Gasteiger partial charge in [-0.25, -0.2) is 0 Å². The van der Waals surface area contributed by atoms with Crippen molar-refractivity contribution in [3.05, 3.63) is 28.8 Å². The molecule has 1 fully saturated rings. The Morgan fingerprint density at radius 2 is 2.15 bits per heavy atom. The summed E-state index contributed by atoms with van der Waals surface area (Å²) in [5.41, 5.74) is 8.04. The van der Waals surface area contributed by atoms with Gasteiger partial charge in [0.25, 0.3) is 0 Å². The average Bonchev–Trinajstić information content (AvgIpc) is 2.67. The molecule has 1 aromatic rings. The number of halogens is 1. The van der Waals surface area contributed by atoms with Gasteiger partial charge in [-0.15, -0.1) is 0 Å². The summed E-state index contributed by atoms with van der Waals surface area (Å²) < 4.78 is 0. The Kier molecular flexibility index (Phi) is 6.18. The Morgan fingerprint density at radius 1 is 1.30 bits per heavy atom. The summed E-state index contributed by atoms with van der Waals surface area (Å²) in [7, 11) is 0. The molecule has 0 spiro atoms. The largest absolute Gasteiger partial charge is 0.371 e. The third kappa shape index (κ3) is 4.13. The molecule has 2 rings (SSSR count). The second-order valence-corrected chi connectivity index (χ2v) is 6.29. The second-order valence-electron chi connectivity index (χ2n) is 5.89. The molecule has 1 atom stereocenters. The first-order chi connectivity index (χ1) is 9.74. The van der Waals surface area contributed by atoms with Crippen molar-refractivity contribution in [2.75, 3.05) is 24.5 Å². The highest BCUT2D eigenvalue weighted by molar-refractivity contribution is 6.31. The summed E-state index contributed by atoms with van der Waals surface area (Å²) >= 11 is 6.36. The molecule has 1 saturated heterocycles. The molecular formula is C17H27ClN2. The third-order valence-electron chi connectivity index (χ3n) is 4.36. The molecule has 1 aliphatic heterocycles. The molecule has 1 aromatic carbocycles. The summed E-state index contributed by atoms with van der Waals surface area (Å²) in [5.74, 6) is 0.914. The van der Waals surface area contributed by atoms with E-state index >= 15 is 0 Å². The molecule has 0 saturated carbocycles. The smallest absolute Gasteiger partial charge is 0.0459 e. The Labute approximate surface area is 128 Å². The number of benzene rings is 1. The maximum absolute atomic E-state index is 6.36. The lowest BCUT2D eigenvalue weighted by atomic mass is 9.96. The van der Waals surface area contributed by atoms with Crippen LogP contribution in [0.15, 0.2) is 18.2 Å². The lowest BCUT2D eigenvalue weighted by Crippen LogP contribution is -2.24. The molecule has 0 aliphatic carbocycles. The summed E-state index contributed by atoms with van der Waals surface area (Å²) in [4.78, 5) is 2.49. The molecule has 1 unspecified atom stereocenters. The highest BCUT2D eigenvalue weighted by Crippen LogP contribution is 2.28. The Bertz CT molecular complexity index is 419. The van der Waals surface area contributed by atoms with E-state index in [1.54, 1.807) is 0 Å². The average molecular weight is 295 g/mol. The van der Waals surface area contributed by atoms with Crippen molar-refractivity contribution in [2.45, 2.75) is 45.4 Å². The summed E-state index contributed by atoms with van der Waals surface area (Å²) in [6.45, 7) is 5.27. The van der Waals surface area contributed by atoms with Crippen LogP contribution in [0.1, 0.15) is 44.6 Å². The minimum atomic E-state index is 0.654. The Hall–Kier alpha value is -0.730. The predicted octanol–water partition coefficient (Wildman–Crippen LogP) is 4.25. The quantitative estimate of drug-likeness (QED) is 0.880. The molecule has 20 heavy (non-hydrogen) atoms. The van der Waals surface area contributed by atoms with Gasteiger partial charge in [0, 0.05) is 23.8 Å². The van der Waals surface area contributed by atoms with E-state index in [2.05, 4.69) is 30.0 Å². The second kappa shape index (κ2) is 7.90. The van der Waals surface area contributed by atoms with Crippen molar-refractivity contribution >= 4 is 17.3 Å². The topological polar surface area (TPSA) is 29.3 Å². The highest BCUT2D eigenvalue weighted by atomic mass is 35.5. The van der Waals surface area contributed by atoms with Crippen LogP contribution < -0.4 is 10.6 Å². The molecule has 0 radical (unpaired) electrons. The van der Waals surface area contributed by atoms with Crippen molar-refractivity contribution in [1.82, 2.24) is 0 Å². The van der Waals surface area contributed by atoms with E-state index in [1.165, 1.54) is 37.8 Å². The highest BCUT2D eigenvalue weighted by Gasteiger charge is 2.17. The van der Waals surface area contributed by atoms with Gasteiger partial charge in [-0.1, -0.05) is 37.4 Å². The van der Waals surface area contributed by atoms with Gasteiger partial charge in [-0.05, 0) is 55.8 Å². The summed E-state index contributed by atoms with van der Waals surface area (Å²) in [6.07, 6.45) is 7.54. The van der Waals surface area contributed by atoms with Crippen LogP contribution in [0.2, 0.25) is 5.02 Å². The van der Waals surface area contributed by atoms with E-state index in [0.717, 1.165) is 36.0 Å². The fourth-order valence-corrected chi connectivity index (χ4v) is 3.48. The third-order valence-corrected chi connectivity index (χ3v) is 4.71. The van der Waals surface area contributed by atoms with Gasteiger partial charge in [0.1, 0.15) is 0 Å². The number of nitrogens with zero attached hydrogens (tertiary/aromatic N) is 1. The van der Waals surface area contributed by atoms with Gasteiger partial charge in [-0.3, -0.25) is 0 Å². The summed E-state index contributed by atoms with van der Waals surface area (Å²) in [6, 6.07) is 6.46. The Balaban J connectivity index is 2.02. The number of rotatable bonds is 5. The summed E-state index contributed by atoms with van der Waals surface area (Å²) in [5, 5.41) is 0.863. The monoisotopic (exact) mass is 294 g/mol. The zero-order chi connectivity index (χ0) is 14.4. The first kappa shape index (κ1) is 15.7. The SMILES string of the molecule is CCCC1CCCN(c2ccc(CCN)c(Cl)c2)CC1. The van der Waals surface area contributed by atoms with Crippen LogP contribution in [0, 0.1) is 5.92 Å². The van der Waals surface area contributed by atoms with E-state index in [9.17, 15) is 0 Å². The first-order valence-electron chi connectivity index (χ1n) is 7.98. The lowest BCUT2D eigenvalue weighted by molar-refractivity contribution is 0.435. The van der Waals surface area contributed by atoms with Crippen LogP contribution in [0.3, 0.4) is 0 Å². The van der Waals surface area contributed by atoms with Crippen LogP contribution in [0.5, 0.6) is 0 Å². The van der Waals surface area contributed by atoms with Gasteiger partial charge in [-0.2, -0.15) is 0 Å². The van der Waals surface area contributed by atoms with Gasteiger partial charge in [0.15, 0.2) is 0 Å². The number of nitrogens with two attached hydrogens (primary N) is 1. The fourth-order valence-electron chi connectivity index (χ4n) is 3.21. The fraction of sp³-hybridized carbons (Fsp3) is 0.647. The normalized spacial score (nSPS) is 19.9. The first-order valence-corrected chi connectivity index (χ1v) is 8.35. The van der Waals surface area contributed by atoms with E-state index in [0.29, 0.717) is 6.54 Å². The van der Waals surface area contributed by atoms with E-state index < -0.39 is 0 Å². The van der Waals surface area contributed by atoms with E-state index in [4.69, 9.17) is 17.3 Å². The zero-order valence-electron chi connectivity index (χ0n) is 12.6. The molecule has 112 valence electrons. The maximum Gasteiger partial charge on any atom is 0.0459 e. The van der Waals surface area contributed by atoms with Gasteiger partial charge >= 0.3 is 0 Å².